The number of aromatic nitrogens is 2. The van der Waals surface area contributed by atoms with E-state index in [-0.39, 0.29) is 0 Å². The summed E-state index contributed by atoms with van der Waals surface area (Å²) >= 11 is 7.45. The van der Waals surface area contributed by atoms with Crippen LogP contribution in [0.1, 0.15) is 5.56 Å². The predicted octanol–water partition coefficient (Wildman–Crippen LogP) is 2.85. The average Bonchev–Trinajstić information content (AvgIpc) is 2.71. The molecule has 78 valence electrons. The quantitative estimate of drug-likeness (QED) is 0.834. The first-order chi connectivity index (χ1) is 7.34. The molecular weight excluding hydrogens is 230 g/mol. The van der Waals surface area contributed by atoms with Gasteiger partial charge in [0.15, 0.2) is 0 Å². The van der Waals surface area contributed by atoms with E-state index in [2.05, 4.69) is 32.1 Å². The van der Waals surface area contributed by atoms with Crippen LogP contribution in [0.25, 0.3) is 0 Å². The Hall–Kier alpha value is -1.13. The largest absolute Gasteiger partial charge is 0.370 e. The van der Waals surface area contributed by atoms with Crippen LogP contribution in [0.15, 0.2) is 29.2 Å². The van der Waals surface area contributed by atoms with Crippen LogP contribution in [0.4, 0.5) is 5.82 Å². The van der Waals surface area contributed by atoms with Gasteiger partial charge in [-0.25, -0.2) is 9.97 Å². The lowest BCUT2D eigenvalue weighted by atomic mass is 10.2. The van der Waals surface area contributed by atoms with E-state index >= 15 is 0 Å². The van der Waals surface area contributed by atoms with Crippen LogP contribution in [0.2, 0.25) is 5.15 Å². The Bertz CT molecular complexity index is 416. The van der Waals surface area contributed by atoms with Crippen molar-refractivity contribution in [2.75, 3.05) is 11.9 Å². The van der Waals surface area contributed by atoms with Crippen LogP contribution >= 0.6 is 22.9 Å². The zero-order valence-corrected chi connectivity index (χ0v) is 9.55. The smallest absolute Gasteiger partial charge is 0.134 e. The number of nitrogens with zero attached hydrogens (tertiary/aromatic N) is 2. The fraction of sp³-hybridized carbons (Fsp3) is 0.200. The maximum Gasteiger partial charge on any atom is 0.134 e. The maximum atomic E-state index is 5.73. The minimum Gasteiger partial charge on any atom is -0.370 e. The normalized spacial score (nSPS) is 10.2. The molecule has 2 heterocycles. The van der Waals surface area contributed by atoms with E-state index in [1.807, 2.05) is 0 Å². The first-order valence-electron chi connectivity index (χ1n) is 4.57. The van der Waals surface area contributed by atoms with E-state index in [0.717, 1.165) is 18.8 Å². The van der Waals surface area contributed by atoms with Crippen molar-refractivity contribution in [1.29, 1.82) is 0 Å². The summed E-state index contributed by atoms with van der Waals surface area (Å²) in [6, 6.07) is 3.84. The zero-order chi connectivity index (χ0) is 10.5. The van der Waals surface area contributed by atoms with Gasteiger partial charge >= 0.3 is 0 Å². The minimum absolute atomic E-state index is 0.461. The number of thiophene rings is 1. The first kappa shape index (κ1) is 10.4. The van der Waals surface area contributed by atoms with Crippen LogP contribution in [-0.2, 0) is 6.42 Å². The maximum absolute atomic E-state index is 5.73. The molecule has 0 bridgehead atoms. The van der Waals surface area contributed by atoms with E-state index in [9.17, 15) is 0 Å². The van der Waals surface area contributed by atoms with Crippen molar-refractivity contribution in [2.24, 2.45) is 0 Å². The third-order valence-corrected chi connectivity index (χ3v) is 2.87. The second kappa shape index (κ2) is 5.09. The highest BCUT2D eigenvalue weighted by molar-refractivity contribution is 7.07. The summed E-state index contributed by atoms with van der Waals surface area (Å²) in [5.41, 5.74) is 1.34. The lowest BCUT2D eigenvalue weighted by molar-refractivity contribution is 1.00. The van der Waals surface area contributed by atoms with Gasteiger partial charge in [0.25, 0.3) is 0 Å². The number of hydrogen-bond acceptors (Lipinski definition) is 4. The van der Waals surface area contributed by atoms with Gasteiger partial charge in [0.05, 0.1) is 0 Å². The molecule has 3 nitrogen and oxygen atoms in total. The summed E-state index contributed by atoms with van der Waals surface area (Å²) in [6.07, 6.45) is 2.44. The van der Waals surface area contributed by atoms with Crippen LogP contribution in [0, 0.1) is 0 Å². The third kappa shape index (κ3) is 3.18. The van der Waals surface area contributed by atoms with Crippen LogP contribution in [0.3, 0.4) is 0 Å². The topological polar surface area (TPSA) is 37.8 Å². The summed E-state index contributed by atoms with van der Waals surface area (Å²) < 4.78 is 0. The second-order valence-corrected chi connectivity index (χ2v) is 4.20. The number of halogens is 1. The van der Waals surface area contributed by atoms with Gasteiger partial charge in [0.1, 0.15) is 17.3 Å². The van der Waals surface area contributed by atoms with Gasteiger partial charge in [-0.05, 0) is 28.8 Å². The van der Waals surface area contributed by atoms with Gasteiger partial charge in [0, 0.05) is 12.6 Å². The van der Waals surface area contributed by atoms with Gasteiger partial charge in [-0.1, -0.05) is 11.6 Å². The molecule has 0 amide bonds. The van der Waals surface area contributed by atoms with Gasteiger partial charge < -0.3 is 5.32 Å². The van der Waals surface area contributed by atoms with Crippen molar-refractivity contribution in [3.05, 3.63) is 39.9 Å². The Kier molecular flexibility index (Phi) is 3.53. The van der Waals surface area contributed by atoms with E-state index < -0.39 is 0 Å². The van der Waals surface area contributed by atoms with Crippen molar-refractivity contribution < 1.29 is 0 Å². The molecule has 0 aromatic carbocycles. The summed E-state index contributed by atoms with van der Waals surface area (Å²) in [6.45, 7) is 0.851. The number of anilines is 1. The van der Waals surface area contributed by atoms with Crippen molar-refractivity contribution in [3.8, 4) is 0 Å². The molecule has 0 saturated carbocycles. The molecule has 5 heteroatoms. The van der Waals surface area contributed by atoms with E-state index in [1.165, 1.54) is 11.9 Å². The van der Waals surface area contributed by atoms with Crippen LogP contribution in [-0.4, -0.2) is 16.5 Å². The predicted molar refractivity (Wildman–Crippen MR) is 63.6 cm³/mol. The Morgan fingerprint density at radius 3 is 3.07 bits per heavy atom. The van der Waals surface area contributed by atoms with Crippen molar-refractivity contribution >= 4 is 28.8 Å². The van der Waals surface area contributed by atoms with E-state index in [1.54, 1.807) is 17.4 Å². The van der Waals surface area contributed by atoms with Gasteiger partial charge in [-0.3, -0.25) is 0 Å². The lowest BCUT2D eigenvalue weighted by Crippen LogP contribution is -2.05. The lowest BCUT2D eigenvalue weighted by Gasteiger charge is -2.03. The SMILES string of the molecule is Clc1cc(NCCc2ccsc2)ncn1. The highest BCUT2D eigenvalue weighted by Gasteiger charge is 1.96. The Labute approximate surface area is 97.2 Å². The molecule has 0 aliphatic rings. The standard InChI is InChI=1S/C10H10ClN3S/c11-9-5-10(14-7-13-9)12-3-1-8-2-4-15-6-8/h2,4-7H,1,3H2,(H,12,13,14). The molecule has 0 atom stereocenters. The summed E-state index contributed by atoms with van der Waals surface area (Å²) in [7, 11) is 0. The summed E-state index contributed by atoms with van der Waals surface area (Å²) in [4.78, 5) is 7.87. The van der Waals surface area contributed by atoms with Crippen molar-refractivity contribution in [3.63, 3.8) is 0 Å². The van der Waals surface area contributed by atoms with Gasteiger partial charge in [-0.2, -0.15) is 11.3 Å². The molecule has 15 heavy (non-hydrogen) atoms. The number of nitrogens with one attached hydrogen (secondary N) is 1. The molecule has 2 rings (SSSR count). The molecule has 0 aliphatic carbocycles. The molecule has 2 aromatic rings. The average molecular weight is 240 g/mol. The molecular formula is C10H10ClN3S. The molecule has 0 unspecified atom stereocenters. The van der Waals surface area contributed by atoms with Crippen LogP contribution in [0.5, 0.6) is 0 Å². The molecule has 0 radical (unpaired) electrons. The van der Waals surface area contributed by atoms with E-state index in [4.69, 9.17) is 11.6 Å². The Balaban J connectivity index is 1.83. The molecule has 2 aromatic heterocycles. The highest BCUT2D eigenvalue weighted by atomic mass is 35.5. The number of hydrogen-bond donors (Lipinski definition) is 1. The molecule has 1 N–H and O–H groups in total. The fourth-order valence-corrected chi connectivity index (χ4v) is 2.05. The van der Waals surface area contributed by atoms with Crippen molar-refractivity contribution in [1.82, 2.24) is 9.97 Å². The van der Waals surface area contributed by atoms with E-state index in [0.29, 0.717) is 5.15 Å². The van der Waals surface area contributed by atoms with Gasteiger partial charge in [-0.15, -0.1) is 0 Å². The summed E-state index contributed by atoms with van der Waals surface area (Å²) in [5.74, 6) is 0.769. The fourth-order valence-electron chi connectivity index (χ4n) is 1.20. The zero-order valence-electron chi connectivity index (χ0n) is 7.98. The number of rotatable bonds is 4. The highest BCUT2D eigenvalue weighted by Crippen LogP contribution is 2.10. The molecule has 0 spiro atoms. The Morgan fingerprint density at radius 2 is 2.33 bits per heavy atom. The first-order valence-corrected chi connectivity index (χ1v) is 5.89. The van der Waals surface area contributed by atoms with Gasteiger partial charge in [0.2, 0.25) is 0 Å². The van der Waals surface area contributed by atoms with Crippen LogP contribution < -0.4 is 5.32 Å². The monoisotopic (exact) mass is 239 g/mol. The molecule has 0 aliphatic heterocycles. The minimum atomic E-state index is 0.461. The van der Waals surface area contributed by atoms with Crippen molar-refractivity contribution in [2.45, 2.75) is 6.42 Å². The third-order valence-electron chi connectivity index (χ3n) is 1.93. The Morgan fingerprint density at radius 1 is 1.40 bits per heavy atom. The molecule has 0 fully saturated rings. The second-order valence-electron chi connectivity index (χ2n) is 3.03. The summed E-state index contributed by atoms with van der Waals surface area (Å²) in [5, 5.41) is 7.88. The molecule has 0 saturated heterocycles.